The van der Waals surface area contributed by atoms with E-state index in [9.17, 15) is 0 Å². The summed E-state index contributed by atoms with van der Waals surface area (Å²) in [5.41, 5.74) is 1.36. The minimum atomic E-state index is 0.707. The Morgan fingerprint density at radius 2 is 1.93 bits per heavy atom. The van der Waals surface area contributed by atoms with Crippen molar-refractivity contribution in [3.8, 4) is 0 Å². The summed E-state index contributed by atoms with van der Waals surface area (Å²) in [4.78, 5) is 4.84. The molecule has 1 fully saturated rings. The molecule has 0 aliphatic carbocycles. The van der Waals surface area contributed by atoms with Crippen molar-refractivity contribution in [1.29, 1.82) is 0 Å². The molecule has 1 aliphatic heterocycles. The van der Waals surface area contributed by atoms with E-state index >= 15 is 0 Å². The van der Waals surface area contributed by atoms with Gasteiger partial charge in [-0.15, -0.1) is 0 Å². The Kier molecular flexibility index (Phi) is 3.27. The van der Waals surface area contributed by atoms with E-state index in [4.69, 9.17) is 0 Å². The zero-order valence-corrected chi connectivity index (χ0v) is 9.69. The number of para-hydroxylation sites is 1. The third-order valence-electron chi connectivity index (χ3n) is 3.25. The Bertz CT molecular complexity index is 295. The fraction of sp³-hybridized carbons (Fsp3) is 0.538. The largest absolute Gasteiger partial charge is 0.370 e. The minimum Gasteiger partial charge on any atom is -0.370 e. The molecule has 0 amide bonds. The quantitative estimate of drug-likeness (QED) is 0.729. The zero-order chi connectivity index (χ0) is 10.7. The SMILES string of the molecule is CN(C)[C@H]1CCCN(c2ccccc2)C1. The van der Waals surface area contributed by atoms with Crippen LogP contribution in [0.2, 0.25) is 0 Å². The predicted octanol–water partition coefficient (Wildman–Crippen LogP) is 2.22. The molecular formula is C13H20N2. The highest BCUT2D eigenvalue weighted by molar-refractivity contribution is 5.46. The first-order chi connectivity index (χ1) is 7.27. The number of benzene rings is 1. The molecule has 82 valence electrons. The lowest BCUT2D eigenvalue weighted by Gasteiger charge is -2.37. The average molecular weight is 204 g/mol. The number of likely N-dealkylation sites (N-methyl/N-ethyl adjacent to an activating group) is 1. The second-order valence-electron chi connectivity index (χ2n) is 4.54. The molecule has 0 saturated carbocycles. The van der Waals surface area contributed by atoms with E-state index in [0.717, 1.165) is 6.54 Å². The standard InChI is InChI=1S/C13H20N2/c1-14(2)13-9-6-10-15(11-13)12-7-4-3-5-8-12/h3-5,7-8,13H,6,9-11H2,1-2H3/t13-/m0/s1. The summed E-state index contributed by atoms with van der Waals surface area (Å²) >= 11 is 0. The number of piperidine rings is 1. The van der Waals surface area contributed by atoms with Crippen molar-refractivity contribution >= 4 is 5.69 Å². The molecule has 1 aliphatic rings. The minimum absolute atomic E-state index is 0.707. The monoisotopic (exact) mass is 204 g/mol. The fourth-order valence-corrected chi connectivity index (χ4v) is 2.25. The lowest BCUT2D eigenvalue weighted by Crippen LogP contribution is -2.45. The maximum atomic E-state index is 2.49. The molecule has 0 N–H and O–H groups in total. The van der Waals surface area contributed by atoms with Crippen LogP contribution in [0.4, 0.5) is 5.69 Å². The smallest absolute Gasteiger partial charge is 0.0366 e. The third kappa shape index (κ3) is 2.51. The molecule has 2 rings (SSSR count). The van der Waals surface area contributed by atoms with Crippen molar-refractivity contribution in [3.63, 3.8) is 0 Å². The first kappa shape index (κ1) is 10.5. The first-order valence-electron chi connectivity index (χ1n) is 5.74. The number of rotatable bonds is 2. The first-order valence-corrected chi connectivity index (χ1v) is 5.74. The number of hydrogen-bond acceptors (Lipinski definition) is 2. The second kappa shape index (κ2) is 4.67. The van der Waals surface area contributed by atoms with E-state index in [-0.39, 0.29) is 0 Å². The van der Waals surface area contributed by atoms with Crippen molar-refractivity contribution in [2.24, 2.45) is 0 Å². The van der Waals surface area contributed by atoms with Gasteiger partial charge in [0.25, 0.3) is 0 Å². The molecule has 2 heteroatoms. The number of nitrogens with zero attached hydrogens (tertiary/aromatic N) is 2. The predicted molar refractivity (Wildman–Crippen MR) is 65.4 cm³/mol. The van der Waals surface area contributed by atoms with Gasteiger partial charge in [0, 0.05) is 24.8 Å². The highest BCUT2D eigenvalue weighted by atomic mass is 15.2. The van der Waals surface area contributed by atoms with Crippen LogP contribution < -0.4 is 4.90 Å². The van der Waals surface area contributed by atoms with Crippen LogP contribution in [0, 0.1) is 0 Å². The molecule has 1 aromatic carbocycles. The number of hydrogen-bond donors (Lipinski definition) is 0. The maximum Gasteiger partial charge on any atom is 0.0366 e. The van der Waals surface area contributed by atoms with Crippen molar-refractivity contribution in [2.75, 3.05) is 32.1 Å². The van der Waals surface area contributed by atoms with E-state index in [2.05, 4.69) is 54.2 Å². The van der Waals surface area contributed by atoms with Gasteiger partial charge < -0.3 is 9.80 Å². The van der Waals surface area contributed by atoms with Crippen LogP contribution in [0.15, 0.2) is 30.3 Å². The lowest BCUT2D eigenvalue weighted by molar-refractivity contribution is 0.258. The third-order valence-corrected chi connectivity index (χ3v) is 3.25. The summed E-state index contributed by atoms with van der Waals surface area (Å²) in [5, 5.41) is 0. The summed E-state index contributed by atoms with van der Waals surface area (Å²) in [7, 11) is 4.36. The van der Waals surface area contributed by atoms with Crippen molar-refractivity contribution in [2.45, 2.75) is 18.9 Å². The topological polar surface area (TPSA) is 6.48 Å². The van der Waals surface area contributed by atoms with E-state index in [0.29, 0.717) is 6.04 Å². The van der Waals surface area contributed by atoms with Crippen LogP contribution in [-0.2, 0) is 0 Å². The highest BCUT2D eigenvalue weighted by Crippen LogP contribution is 2.20. The molecule has 0 radical (unpaired) electrons. The van der Waals surface area contributed by atoms with Gasteiger partial charge in [0.05, 0.1) is 0 Å². The van der Waals surface area contributed by atoms with Gasteiger partial charge in [-0.25, -0.2) is 0 Å². The molecule has 1 atom stereocenters. The van der Waals surface area contributed by atoms with Gasteiger partial charge in [0.2, 0.25) is 0 Å². The van der Waals surface area contributed by atoms with Crippen LogP contribution in [0.25, 0.3) is 0 Å². The van der Waals surface area contributed by atoms with E-state index in [1.165, 1.54) is 25.1 Å². The van der Waals surface area contributed by atoms with Gasteiger partial charge in [-0.3, -0.25) is 0 Å². The van der Waals surface area contributed by atoms with Gasteiger partial charge in [-0.05, 0) is 39.1 Å². The van der Waals surface area contributed by atoms with Gasteiger partial charge in [0.15, 0.2) is 0 Å². The summed E-state index contributed by atoms with van der Waals surface area (Å²) < 4.78 is 0. The Morgan fingerprint density at radius 1 is 1.20 bits per heavy atom. The molecule has 15 heavy (non-hydrogen) atoms. The molecule has 0 unspecified atom stereocenters. The Morgan fingerprint density at radius 3 is 2.60 bits per heavy atom. The fourth-order valence-electron chi connectivity index (χ4n) is 2.25. The van der Waals surface area contributed by atoms with E-state index in [1.54, 1.807) is 0 Å². The Labute approximate surface area is 92.5 Å². The summed E-state index contributed by atoms with van der Waals surface area (Å²) in [6.45, 7) is 2.37. The zero-order valence-electron chi connectivity index (χ0n) is 9.69. The van der Waals surface area contributed by atoms with Crippen LogP contribution in [-0.4, -0.2) is 38.1 Å². The van der Waals surface area contributed by atoms with Gasteiger partial charge in [-0.1, -0.05) is 18.2 Å². The Balaban J connectivity index is 2.05. The van der Waals surface area contributed by atoms with E-state index < -0.39 is 0 Å². The maximum absolute atomic E-state index is 2.49. The summed E-state index contributed by atoms with van der Waals surface area (Å²) in [6, 6.07) is 11.4. The highest BCUT2D eigenvalue weighted by Gasteiger charge is 2.21. The lowest BCUT2D eigenvalue weighted by atomic mass is 10.0. The van der Waals surface area contributed by atoms with Crippen LogP contribution in [0.3, 0.4) is 0 Å². The van der Waals surface area contributed by atoms with E-state index in [1.807, 2.05) is 0 Å². The normalized spacial score (nSPS) is 22.1. The van der Waals surface area contributed by atoms with Crippen molar-refractivity contribution in [3.05, 3.63) is 30.3 Å². The molecule has 1 aromatic rings. The molecule has 0 bridgehead atoms. The molecular weight excluding hydrogens is 184 g/mol. The second-order valence-corrected chi connectivity index (χ2v) is 4.54. The Hall–Kier alpha value is -1.02. The van der Waals surface area contributed by atoms with Crippen LogP contribution in [0.5, 0.6) is 0 Å². The molecule has 0 aromatic heterocycles. The number of anilines is 1. The molecule has 1 saturated heterocycles. The summed E-state index contributed by atoms with van der Waals surface area (Å²) in [5.74, 6) is 0. The van der Waals surface area contributed by atoms with Gasteiger partial charge in [0.1, 0.15) is 0 Å². The van der Waals surface area contributed by atoms with Gasteiger partial charge >= 0.3 is 0 Å². The molecule has 1 heterocycles. The van der Waals surface area contributed by atoms with Crippen LogP contribution in [0.1, 0.15) is 12.8 Å². The van der Waals surface area contributed by atoms with Crippen molar-refractivity contribution < 1.29 is 0 Å². The van der Waals surface area contributed by atoms with Gasteiger partial charge in [-0.2, -0.15) is 0 Å². The summed E-state index contributed by atoms with van der Waals surface area (Å²) in [6.07, 6.45) is 2.63. The molecule has 2 nitrogen and oxygen atoms in total. The molecule has 0 spiro atoms. The van der Waals surface area contributed by atoms with Crippen molar-refractivity contribution in [1.82, 2.24) is 4.90 Å². The van der Waals surface area contributed by atoms with Crippen LogP contribution >= 0.6 is 0 Å². The average Bonchev–Trinajstić information content (AvgIpc) is 2.30.